The molecule has 3 aromatic heterocycles. The van der Waals surface area contributed by atoms with Gasteiger partial charge in [0.1, 0.15) is 17.6 Å². The molecule has 1 aliphatic rings. The number of imidazole rings is 1. The molecule has 0 aromatic carbocycles. The van der Waals surface area contributed by atoms with E-state index in [1.165, 1.54) is 0 Å². The van der Waals surface area contributed by atoms with Gasteiger partial charge in [0.25, 0.3) is 5.91 Å². The lowest BCUT2D eigenvalue weighted by Crippen LogP contribution is -2.50. The number of ether oxygens (including phenoxy) is 2. The Balaban J connectivity index is 1.43. The summed E-state index contributed by atoms with van der Waals surface area (Å²) in [5, 5.41) is 6.95. The van der Waals surface area contributed by atoms with Gasteiger partial charge < -0.3 is 19.3 Å². The fourth-order valence-corrected chi connectivity index (χ4v) is 3.12. The number of nitrogens with zero attached hydrogens (tertiary/aromatic N) is 4. The van der Waals surface area contributed by atoms with Crippen molar-refractivity contribution in [3.63, 3.8) is 0 Å². The first-order valence-corrected chi connectivity index (χ1v) is 8.83. The normalized spacial score (nSPS) is 20.1. The Labute approximate surface area is 155 Å². The van der Waals surface area contributed by atoms with Crippen LogP contribution in [0.15, 0.2) is 29.2 Å². The highest BCUT2D eigenvalue weighted by Crippen LogP contribution is 2.18. The number of nitrogens with one attached hydrogen (secondary N) is 1. The summed E-state index contributed by atoms with van der Waals surface area (Å²) in [7, 11) is 0. The Morgan fingerprint density at radius 3 is 3.11 bits per heavy atom. The Morgan fingerprint density at radius 2 is 2.33 bits per heavy atom. The molecule has 4 heterocycles. The van der Waals surface area contributed by atoms with Crippen molar-refractivity contribution in [2.45, 2.75) is 39.0 Å². The first-order valence-electron chi connectivity index (χ1n) is 8.83. The summed E-state index contributed by atoms with van der Waals surface area (Å²) < 4.78 is 18.4. The second-order valence-corrected chi connectivity index (χ2v) is 6.55. The molecule has 142 valence electrons. The van der Waals surface area contributed by atoms with Crippen LogP contribution in [0.25, 0.3) is 5.78 Å². The topological polar surface area (TPSA) is 104 Å². The Morgan fingerprint density at radius 1 is 1.44 bits per heavy atom. The third-order valence-corrected chi connectivity index (χ3v) is 4.71. The largest absolute Gasteiger partial charge is 0.379 e. The zero-order valence-electron chi connectivity index (χ0n) is 15.2. The van der Waals surface area contributed by atoms with Crippen LogP contribution in [-0.4, -0.2) is 50.8 Å². The van der Waals surface area contributed by atoms with E-state index in [4.69, 9.17) is 14.0 Å². The molecule has 0 unspecified atom stereocenters. The lowest BCUT2D eigenvalue weighted by molar-refractivity contribution is -0.0739. The lowest BCUT2D eigenvalue weighted by Gasteiger charge is -2.31. The molecule has 0 saturated carbocycles. The lowest BCUT2D eigenvalue weighted by atomic mass is 10.1. The summed E-state index contributed by atoms with van der Waals surface area (Å²) >= 11 is 0. The molecule has 1 amide bonds. The SMILES string of the molecule is Cc1noc(C)c1CO[C@@H]1COCC[C@H]1NC(=O)c1cn2cccnc2n1. The molecule has 1 N–H and O–H groups in total. The Bertz CT molecular complexity index is 898. The van der Waals surface area contributed by atoms with Gasteiger partial charge in [-0.15, -0.1) is 0 Å². The highest BCUT2D eigenvalue weighted by atomic mass is 16.5. The average Bonchev–Trinajstić information content (AvgIpc) is 3.25. The van der Waals surface area contributed by atoms with Crippen molar-refractivity contribution in [1.82, 2.24) is 24.8 Å². The maximum Gasteiger partial charge on any atom is 0.271 e. The first-order chi connectivity index (χ1) is 13.1. The van der Waals surface area contributed by atoms with Crippen molar-refractivity contribution in [3.05, 3.63) is 47.4 Å². The number of aromatic nitrogens is 4. The van der Waals surface area contributed by atoms with Crippen LogP contribution in [0, 0.1) is 13.8 Å². The van der Waals surface area contributed by atoms with Crippen molar-refractivity contribution in [2.75, 3.05) is 13.2 Å². The molecule has 4 rings (SSSR count). The molecule has 0 aliphatic carbocycles. The van der Waals surface area contributed by atoms with E-state index in [-0.39, 0.29) is 18.1 Å². The van der Waals surface area contributed by atoms with Crippen molar-refractivity contribution in [3.8, 4) is 0 Å². The quantitative estimate of drug-likeness (QED) is 0.724. The van der Waals surface area contributed by atoms with E-state index in [0.717, 1.165) is 17.0 Å². The number of aryl methyl sites for hydroxylation is 2. The van der Waals surface area contributed by atoms with Crippen LogP contribution in [0.2, 0.25) is 0 Å². The molecule has 3 aromatic rings. The van der Waals surface area contributed by atoms with E-state index in [0.29, 0.717) is 37.7 Å². The minimum absolute atomic E-state index is 0.163. The number of amides is 1. The minimum Gasteiger partial charge on any atom is -0.379 e. The maximum atomic E-state index is 12.6. The van der Waals surface area contributed by atoms with Gasteiger partial charge >= 0.3 is 0 Å². The van der Waals surface area contributed by atoms with Gasteiger partial charge in [-0.2, -0.15) is 0 Å². The van der Waals surface area contributed by atoms with Crippen LogP contribution in [0.4, 0.5) is 0 Å². The molecule has 1 fully saturated rings. The molecule has 1 saturated heterocycles. The molecule has 9 heteroatoms. The van der Waals surface area contributed by atoms with Crippen molar-refractivity contribution < 1.29 is 18.8 Å². The zero-order chi connectivity index (χ0) is 18.8. The van der Waals surface area contributed by atoms with Crippen LogP contribution >= 0.6 is 0 Å². The van der Waals surface area contributed by atoms with Crippen LogP contribution in [0.3, 0.4) is 0 Å². The fourth-order valence-electron chi connectivity index (χ4n) is 3.12. The molecular weight excluding hydrogens is 350 g/mol. The molecule has 0 spiro atoms. The summed E-state index contributed by atoms with van der Waals surface area (Å²) in [4.78, 5) is 21.0. The second-order valence-electron chi connectivity index (χ2n) is 6.55. The van der Waals surface area contributed by atoms with Gasteiger partial charge in [0, 0.05) is 30.8 Å². The third kappa shape index (κ3) is 3.69. The first kappa shape index (κ1) is 17.6. The number of hydrogen-bond acceptors (Lipinski definition) is 7. The molecule has 2 atom stereocenters. The van der Waals surface area contributed by atoms with E-state index < -0.39 is 0 Å². The zero-order valence-corrected chi connectivity index (χ0v) is 15.2. The maximum absolute atomic E-state index is 12.6. The Kier molecular flexibility index (Phi) is 4.87. The van der Waals surface area contributed by atoms with Gasteiger partial charge in [0.2, 0.25) is 5.78 Å². The fraction of sp³-hybridized carbons (Fsp3) is 0.444. The molecule has 0 radical (unpaired) electrons. The summed E-state index contributed by atoms with van der Waals surface area (Å²) in [5.41, 5.74) is 2.06. The molecule has 9 nitrogen and oxygen atoms in total. The van der Waals surface area contributed by atoms with Gasteiger partial charge in [0.05, 0.1) is 24.9 Å². The summed E-state index contributed by atoms with van der Waals surface area (Å²) in [5.74, 6) is 0.973. The average molecular weight is 371 g/mol. The van der Waals surface area contributed by atoms with E-state index in [1.54, 1.807) is 29.1 Å². The molecule has 27 heavy (non-hydrogen) atoms. The third-order valence-electron chi connectivity index (χ3n) is 4.71. The number of fused-ring (bicyclic) bond motifs is 1. The number of carbonyl (C=O) groups excluding carboxylic acids is 1. The van der Waals surface area contributed by atoms with Crippen LogP contribution < -0.4 is 5.32 Å². The van der Waals surface area contributed by atoms with E-state index in [9.17, 15) is 4.79 Å². The molecule has 0 bridgehead atoms. The van der Waals surface area contributed by atoms with Crippen LogP contribution in [0.5, 0.6) is 0 Å². The summed E-state index contributed by atoms with van der Waals surface area (Å²) in [6.07, 6.45) is 5.52. The molecule has 1 aliphatic heterocycles. The predicted molar refractivity (Wildman–Crippen MR) is 94.2 cm³/mol. The van der Waals surface area contributed by atoms with Crippen LogP contribution in [-0.2, 0) is 16.1 Å². The van der Waals surface area contributed by atoms with Gasteiger partial charge in [-0.3, -0.25) is 9.20 Å². The smallest absolute Gasteiger partial charge is 0.271 e. The van der Waals surface area contributed by atoms with Gasteiger partial charge in [0.15, 0.2) is 0 Å². The highest BCUT2D eigenvalue weighted by molar-refractivity contribution is 5.93. The molecular formula is C18H21N5O4. The van der Waals surface area contributed by atoms with Crippen molar-refractivity contribution in [1.29, 1.82) is 0 Å². The van der Waals surface area contributed by atoms with Crippen molar-refractivity contribution >= 4 is 11.7 Å². The highest BCUT2D eigenvalue weighted by Gasteiger charge is 2.29. The van der Waals surface area contributed by atoms with E-state index in [1.807, 2.05) is 13.8 Å². The van der Waals surface area contributed by atoms with Gasteiger partial charge in [-0.1, -0.05) is 5.16 Å². The number of hydrogen-bond donors (Lipinski definition) is 1. The minimum atomic E-state index is -0.258. The number of rotatable bonds is 5. The van der Waals surface area contributed by atoms with E-state index >= 15 is 0 Å². The monoisotopic (exact) mass is 371 g/mol. The summed E-state index contributed by atoms with van der Waals surface area (Å²) in [6.45, 7) is 5.08. The second kappa shape index (κ2) is 7.45. The van der Waals surface area contributed by atoms with E-state index in [2.05, 4.69) is 20.4 Å². The Hall–Kier alpha value is -2.78. The predicted octanol–water partition coefficient (Wildman–Crippen LogP) is 1.44. The number of carbonyl (C=O) groups is 1. The van der Waals surface area contributed by atoms with Gasteiger partial charge in [-0.25, -0.2) is 9.97 Å². The van der Waals surface area contributed by atoms with Crippen LogP contribution in [0.1, 0.15) is 33.9 Å². The summed E-state index contributed by atoms with van der Waals surface area (Å²) in [6, 6.07) is 1.62. The van der Waals surface area contributed by atoms with Gasteiger partial charge in [-0.05, 0) is 26.3 Å². The standard InChI is InChI=1S/C18H21N5O4/c1-11-13(12(2)27-22-11)9-26-16-10-25-7-4-14(16)20-17(24)15-8-23-6-3-5-19-18(23)21-15/h3,5-6,8,14,16H,4,7,9-10H2,1-2H3,(H,20,24)/t14-,16-/m1/s1. The van der Waals surface area contributed by atoms with Crippen molar-refractivity contribution in [2.24, 2.45) is 0 Å².